The lowest BCUT2D eigenvalue weighted by Crippen LogP contribution is -2.49. The molecule has 188 valence electrons. The number of alkyl halides is 2. The Morgan fingerprint density at radius 2 is 1.83 bits per heavy atom. The lowest BCUT2D eigenvalue weighted by Gasteiger charge is -2.34. The highest BCUT2D eigenvalue weighted by molar-refractivity contribution is 5.87. The molecular formula is C25H26F3N7O. The zero-order chi connectivity index (χ0) is 25.4. The first-order valence-electron chi connectivity index (χ1n) is 11.7. The van der Waals surface area contributed by atoms with E-state index in [1.165, 1.54) is 22.9 Å². The fourth-order valence-electron chi connectivity index (χ4n) is 4.60. The summed E-state index contributed by atoms with van der Waals surface area (Å²) in [6.07, 6.45) is 0.549. The number of carbonyl (C=O) groups excluding carboxylic acids is 1. The van der Waals surface area contributed by atoms with Gasteiger partial charge in [-0.3, -0.25) is 14.4 Å². The molecule has 4 heterocycles. The molecule has 0 bridgehead atoms. The van der Waals surface area contributed by atoms with Crippen LogP contribution in [0.2, 0.25) is 0 Å². The van der Waals surface area contributed by atoms with E-state index < -0.39 is 6.43 Å². The number of carbonyl (C=O) groups is 1. The molecule has 0 N–H and O–H groups in total. The van der Waals surface area contributed by atoms with Crippen LogP contribution < -0.4 is 0 Å². The Morgan fingerprint density at radius 1 is 1.11 bits per heavy atom. The first kappa shape index (κ1) is 24.0. The maximum atomic E-state index is 14.0. The SMILES string of the molecule is Cc1nn(CC(=O)N2CCN(Cc3ccc(F)cc3)CC2)c2nc(-c3cnn(C)c3)cc(C(F)F)c12. The molecule has 0 aliphatic carbocycles. The lowest BCUT2D eigenvalue weighted by molar-refractivity contribution is -0.133. The van der Waals surface area contributed by atoms with E-state index in [0.717, 1.165) is 5.56 Å². The highest BCUT2D eigenvalue weighted by atomic mass is 19.3. The molecule has 1 saturated heterocycles. The molecule has 4 aromatic rings. The third kappa shape index (κ3) is 4.83. The second kappa shape index (κ2) is 9.73. The van der Waals surface area contributed by atoms with Crippen molar-refractivity contribution >= 4 is 16.9 Å². The Hall–Kier alpha value is -3.73. The van der Waals surface area contributed by atoms with Gasteiger partial charge in [-0.2, -0.15) is 10.2 Å². The summed E-state index contributed by atoms with van der Waals surface area (Å²) in [5.41, 5.74) is 2.48. The molecule has 1 aliphatic heterocycles. The number of amides is 1. The normalized spacial score (nSPS) is 14.8. The maximum Gasteiger partial charge on any atom is 0.264 e. The van der Waals surface area contributed by atoms with Crippen molar-refractivity contribution in [2.75, 3.05) is 26.2 Å². The summed E-state index contributed by atoms with van der Waals surface area (Å²) in [5.74, 6) is -0.411. The zero-order valence-electron chi connectivity index (χ0n) is 20.0. The van der Waals surface area contributed by atoms with Crippen LogP contribution in [0.1, 0.15) is 23.2 Å². The van der Waals surface area contributed by atoms with E-state index in [1.807, 2.05) is 0 Å². The van der Waals surface area contributed by atoms with Gasteiger partial charge in [0, 0.05) is 57.1 Å². The van der Waals surface area contributed by atoms with Crippen molar-refractivity contribution in [1.29, 1.82) is 0 Å². The van der Waals surface area contributed by atoms with E-state index in [9.17, 15) is 18.0 Å². The first-order chi connectivity index (χ1) is 17.3. The fraction of sp³-hybridized carbons (Fsp3) is 0.360. The van der Waals surface area contributed by atoms with Gasteiger partial charge >= 0.3 is 0 Å². The molecule has 0 spiro atoms. The zero-order valence-corrected chi connectivity index (χ0v) is 20.0. The van der Waals surface area contributed by atoms with Gasteiger partial charge in [0.15, 0.2) is 5.65 Å². The Labute approximate surface area is 205 Å². The summed E-state index contributed by atoms with van der Waals surface area (Å²) < 4.78 is 44.1. The third-order valence-corrected chi connectivity index (χ3v) is 6.47. The van der Waals surface area contributed by atoms with Crippen LogP contribution in [0.4, 0.5) is 13.2 Å². The summed E-state index contributed by atoms with van der Waals surface area (Å²) in [4.78, 5) is 21.7. The van der Waals surface area contributed by atoms with Crippen LogP contribution in [0.5, 0.6) is 0 Å². The number of fused-ring (bicyclic) bond motifs is 1. The van der Waals surface area contributed by atoms with Gasteiger partial charge in [-0.05, 0) is 30.7 Å². The van der Waals surface area contributed by atoms with E-state index in [1.54, 1.807) is 48.1 Å². The summed E-state index contributed by atoms with van der Waals surface area (Å²) >= 11 is 0. The third-order valence-electron chi connectivity index (χ3n) is 6.47. The predicted octanol–water partition coefficient (Wildman–Crippen LogP) is 3.56. The number of hydrogen-bond acceptors (Lipinski definition) is 5. The molecule has 8 nitrogen and oxygen atoms in total. The van der Waals surface area contributed by atoms with Crippen molar-refractivity contribution in [3.63, 3.8) is 0 Å². The highest BCUT2D eigenvalue weighted by Gasteiger charge is 2.25. The number of halogens is 3. The van der Waals surface area contributed by atoms with E-state index >= 15 is 0 Å². The lowest BCUT2D eigenvalue weighted by atomic mass is 10.1. The van der Waals surface area contributed by atoms with Gasteiger partial charge in [0.2, 0.25) is 5.91 Å². The van der Waals surface area contributed by atoms with Crippen molar-refractivity contribution in [3.8, 4) is 11.3 Å². The Kier molecular flexibility index (Phi) is 6.48. The second-order valence-electron chi connectivity index (χ2n) is 9.03. The molecule has 0 saturated carbocycles. The molecule has 1 aromatic carbocycles. The number of pyridine rings is 1. The number of aryl methyl sites for hydroxylation is 2. The molecular weight excluding hydrogens is 471 g/mol. The van der Waals surface area contributed by atoms with Crippen LogP contribution in [0.25, 0.3) is 22.3 Å². The molecule has 11 heteroatoms. The van der Waals surface area contributed by atoms with Crippen molar-refractivity contribution in [3.05, 3.63) is 65.4 Å². The maximum absolute atomic E-state index is 14.0. The van der Waals surface area contributed by atoms with Gasteiger partial charge in [-0.25, -0.2) is 22.8 Å². The molecule has 0 radical (unpaired) electrons. The molecule has 1 fully saturated rings. The van der Waals surface area contributed by atoms with Gasteiger partial charge in [0.25, 0.3) is 6.43 Å². The van der Waals surface area contributed by atoms with Gasteiger partial charge in [-0.1, -0.05) is 12.1 Å². The smallest absolute Gasteiger partial charge is 0.264 e. The first-order valence-corrected chi connectivity index (χ1v) is 11.7. The van der Waals surface area contributed by atoms with Crippen LogP contribution in [-0.4, -0.2) is 66.4 Å². The number of piperazine rings is 1. The minimum atomic E-state index is -2.72. The Morgan fingerprint density at radius 3 is 2.47 bits per heavy atom. The van der Waals surface area contributed by atoms with E-state index in [0.29, 0.717) is 49.7 Å². The molecule has 36 heavy (non-hydrogen) atoms. The summed E-state index contributed by atoms with van der Waals surface area (Å²) in [6.45, 7) is 4.68. The largest absolute Gasteiger partial charge is 0.339 e. The van der Waals surface area contributed by atoms with Gasteiger partial charge in [0.1, 0.15) is 12.4 Å². The minimum absolute atomic E-state index is 0.0888. The van der Waals surface area contributed by atoms with Crippen molar-refractivity contribution in [2.45, 2.75) is 26.4 Å². The topological polar surface area (TPSA) is 72.1 Å². The van der Waals surface area contributed by atoms with Crippen LogP contribution in [-0.2, 0) is 24.9 Å². The van der Waals surface area contributed by atoms with Crippen LogP contribution in [0.3, 0.4) is 0 Å². The van der Waals surface area contributed by atoms with E-state index in [4.69, 9.17) is 0 Å². The molecule has 0 atom stereocenters. The van der Waals surface area contributed by atoms with Crippen LogP contribution >= 0.6 is 0 Å². The van der Waals surface area contributed by atoms with Crippen molar-refractivity contribution in [1.82, 2.24) is 34.3 Å². The molecule has 1 aliphatic rings. The monoisotopic (exact) mass is 497 g/mol. The number of nitrogens with zero attached hydrogens (tertiary/aromatic N) is 7. The van der Waals surface area contributed by atoms with Crippen LogP contribution in [0, 0.1) is 12.7 Å². The second-order valence-corrected chi connectivity index (χ2v) is 9.03. The molecule has 0 unspecified atom stereocenters. The number of aromatic nitrogens is 5. The molecule has 3 aromatic heterocycles. The van der Waals surface area contributed by atoms with E-state index in [-0.39, 0.29) is 34.9 Å². The Bertz CT molecular complexity index is 1390. The van der Waals surface area contributed by atoms with Gasteiger partial charge < -0.3 is 4.90 Å². The van der Waals surface area contributed by atoms with Gasteiger partial charge in [-0.15, -0.1) is 0 Å². The summed E-state index contributed by atoms with van der Waals surface area (Å²) in [7, 11) is 1.74. The molecule has 1 amide bonds. The fourth-order valence-corrected chi connectivity index (χ4v) is 4.60. The number of benzene rings is 1. The highest BCUT2D eigenvalue weighted by Crippen LogP contribution is 2.33. The molecule has 5 rings (SSSR count). The van der Waals surface area contributed by atoms with Crippen molar-refractivity contribution < 1.29 is 18.0 Å². The van der Waals surface area contributed by atoms with Gasteiger partial charge in [0.05, 0.1) is 23.0 Å². The quantitative estimate of drug-likeness (QED) is 0.407. The number of hydrogen-bond donors (Lipinski definition) is 0. The average Bonchev–Trinajstić information content (AvgIpc) is 3.43. The Balaban J connectivity index is 1.33. The average molecular weight is 498 g/mol. The van der Waals surface area contributed by atoms with E-state index in [2.05, 4.69) is 20.1 Å². The van der Waals surface area contributed by atoms with Crippen LogP contribution in [0.15, 0.2) is 42.7 Å². The summed E-state index contributed by atoms with van der Waals surface area (Å²) in [6, 6.07) is 7.78. The minimum Gasteiger partial charge on any atom is -0.339 e. The predicted molar refractivity (Wildman–Crippen MR) is 128 cm³/mol. The standard InChI is InChI=1S/C25H26F3N7O/c1-16-23-20(24(27)28)11-21(18-12-29-32(2)14-18)30-25(23)35(31-16)15-22(36)34-9-7-33(8-10-34)13-17-3-5-19(26)6-4-17/h3-6,11-12,14,24H,7-10,13,15H2,1-2H3. The summed E-state index contributed by atoms with van der Waals surface area (Å²) in [5, 5.41) is 8.78. The number of rotatable bonds is 6. The van der Waals surface area contributed by atoms with Crippen molar-refractivity contribution in [2.24, 2.45) is 7.05 Å².